The van der Waals surface area contributed by atoms with Crippen molar-refractivity contribution in [3.63, 3.8) is 0 Å². The summed E-state index contributed by atoms with van der Waals surface area (Å²) in [6.07, 6.45) is 5.96. The van der Waals surface area contributed by atoms with Gasteiger partial charge in [-0.25, -0.2) is 0 Å². The van der Waals surface area contributed by atoms with Gasteiger partial charge in [-0.15, -0.1) is 0 Å². The minimum atomic E-state index is -3.53. The van der Waals surface area contributed by atoms with Gasteiger partial charge in [-0.2, -0.15) is 0 Å². The zero-order valence-corrected chi connectivity index (χ0v) is 15.2. The van der Waals surface area contributed by atoms with Crippen molar-refractivity contribution in [2.24, 2.45) is 0 Å². The van der Waals surface area contributed by atoms with E-state index in [-0.39, 0.29) is 6.61 Å². The molecule has 24 heavy (non-hydrogen) atoms. The maximum absolute atomic E-state index is 10.3. The van der Waals surface area contributed by atoms with Crippen LogP contribution < -0.4 is 4.89 Å². The molecule has 0 heterocycles. The Bertz CT molecular complexity index is 267. The van der Waals surface area contributed by atoms with Gasteiger partial charge in [0.25, 0.3) is 0 Å². The Morgan fingerprint density at radius 2 is 1.25 bits per heavy atom. The molecule has 0 N–H and O–H groups in total. The molecule has 0 aromatic carbocycles. The zero-order valence-electron chi connectivity index (χ0n) is 14.3. The molecule has 0 radical (unpaired) electrons. The van der Waals surface area contributed by atoms with E-state index in [4.69, 9.17) is 14.4 Å². The second-order valence-electron chi connectivity index (χ2n) is 3.57. The summed E-state index contributed by atoms with van der Waals surface area (Å²) >= 11 is 0. The van der Waals surface area contributed by atoms with E-state index in [9.17, 15) is 19.0 Å². The third-order valence-corrected chi connectivity index (χ3v) is 2.41. The summed E-state index contributed by atoms with van der Waals surface area (Å²) in [5, 5.41) is 0. The van der Waals surface area contributed by atoms with Crippen LogP contribution in [0.15, 0.2) is 0 Å². The first-order valence-corrected chi connectivity index (χ1v) is 8.62. The highest BCUT2D eigenvalue weighted by Gasteiger charge is 1.95. The quantitative estimate of drug-likeness (QED) is 0.306. The molecule has 0 rings (SSSR count). The Balaban J connectivity index is -0.0000000762. The number of carbonyl (C=O) groups is 5. The molecular weight excluding hydrogens is 343 g/mol. The standard InChI is InChI=1S/C7H12O2.C4H11O4P.3CH2O/c8-6-4-2-1-3-5-7-9;1-7-3-4-8-9(2,5)6;3*1-2/h6-7H,1-5H2;3-4H2,1-2H3,(H,5,6);3*1H2/p-1. The van der Waals surface area contributed by atoms with Gasteiger partial charge in [0.1, 0.15) is 40.5 Å². The molecule has 0 aromatic heterocycles. The fourth-order valence-corrected chi connectivity index (χ4v) is 1.32. The molecule has 9 nitrogen and oxygen atoms in total. The van der Waals surface area contributed by atoms with E-state index in [2.05, 4.69) is 9.26 Å². The lowest BCUT2D eigenvalue weighted by atomic mass is 10.2. The number of rotatable bonds is 10. The normalized spacial score (nSPS) is 10.3. The van der Waals surface area contributed by atoms with E-state index in [1.54, 1.807) is 0 Å². The number of unbranched alkanes of at least 4 members (excludes halogenated alkanes) is 4. The van der Waals surface area contributed by atoms with Gasteiger partial charge in [0.2, 0.25) is 0 Å². The van der Waals surface area contributed by atoms with Crippen molar-refractivity contribution in [1.29, 1.82) is 0 Å². The molecule has 0 aliphatic rings. The lowest BCUT2D eigenvalue weighted by molar-refractivity contribution is -0.197. The number of hydrogen-bond acceptors (Lipinski definition) is 9. The van der Waals surface area contributed by atoms with Crippen LogP contribution in [-0.4, -0.2) is 59.9 Å². The van der Waals surface area contributed by atoms with Gasteiger partial charge in [-0.3, -0.25) is 0 Å². The van der Waals surface area contributed by atoms with E-state index in [0.717, 1.165) is 38.5 Å². The minimum absolute atomic E-state index is 0.105. The van der Waals surface area contributed by atoms with E-state index in [0.29, 0.717) is 19.4 Å². The van der Waals surface area contributed by atoms with E-state index in [1.807, 2.05) is 20.4 Å². The molecule has 10 heteroatoms. The zero-order chi connectivity index (χ0) is 20.3. The van der Waals surface area contributed by atoms with Gasteiger partial charge >= 0.3 is 0 Å². The Morgan fingerprint density at radius 1 is 0.875 bits per heavy atom. The summed E-state index contributed by atoms with van der Waals surface area (Å²) in [6, 6.07) is 0. The molecule has 0 spiro atoms. The molecule has 144 valence electrons. The average Bonchev–Trinajstić information content (AvgIpc) is 2.60. The van der Waals surface area contributed by atoms with Gasteiger partial charge in [-0.05, 0) is 12.8 Å². The number of carbonyl (C=O) groups excluding carboxylic acids is 5. The molecule has 0 aromatic rings. The fourth-order valence-electron chi connectivity index (χ4n) is 0.919. The minimum Gasteiger partial charge on any atom is -0.779 e. The Kier molecular flexibility index (Phi) is 53.1. The van der Waals surface area contributed by atoms with Crippen LogP contribution >= 0.6 is 7.60 Å². The highest BCUT2D eigenvalue weighted by Crippen LogP contribution is 2.30. The smallest absolute Gasteiger partial charge is 0.131 e. The molecule has 0 aliphatic carbocycles. The second-order valence-corrected chi connectivity index (χ2v) is 5.37. The van der Waals surface area contributed by atoms with E-state index >= 15 is 0 Å². The Hall–Kier alpha value is -1.54. The summed E-state index contributed by atoms with van der Waals surface area (Å²) in [6.45, 7) is 7.44. The highest BCUT2D eigenvalue weighted by molar-refractivity contribution is 7.50. The molecule has 0 saturated heterocycles. The topological polar surface area (TPSA) is 144 Å². The average molecular weight is 371 g/mol. The molecule has 0 bridgehead atoms. The van der Waals surface area contributed by atoms with Crippen molar-refractivity contribution < 1.29 is 42.7 Å². The molecule has 0 aliphatic heterocycles. The summed E-state index contributed by atoms with van der Waals surface area (Å²) in [5.74, 6) is 0. The number of methoxy groups -OCH3 is 1. The summed E-state index contributed by atoms with van der Waals surface area (Å²) in [7, 11) is -2.04. The van der Waals surface area contributed by atoms with Gasteiger partial charge in [0, 0.05) is 26.6 Å². The molecule has 1 unspecified atom stereocenters. The van der Waals surface area contributed by atoms with E-state index < -0.39 is 7.60 Å². The number of aldehydes is 2. The molecule has 1 atom stereocenters. The van der Waals surface area contributed by atoms with Crippen LogP contribution in [0.1, 0.15) is 32.1 Å². The van der Waals surface area contributed by atoms with Gasteiger partial charge in [-0.1, -0.05) is 6.42 Å². The first kappa shape index (κ1) is 33.9. The second kappa shape index (κ2) is 37.6. The number of ether oxygens (including phenoxy) is 1. The molecule has 0 saturated carbocycles. The third kappa shape index (κ3) is 70.8. The van der Waals surface area contributed by atoms with Crippen molar-refractivity contribution in [2.75, 3.05) is 27.0 Å². The largest absolute Gasteiger partial charge is 0.779 e. The SMILES string of the molecule is C=O.C=O.C=O.COCCOP(C)(=O)[O-].O=CCCCCCC=O. The Labute approximate surface area is 143 Å². The fraction of sp³-hybridized carbons (Fsp3) is 0.643. The monoisotopic (exact) mass is 371 g/mol. The summed E-state index contributed by atoms with van der Waals surface area (Å²) in [4.78, 5) is 53.8. The van der Waals surface area contributed by atoms with Crippen molar-refractivity contribution in [2.45, 2.75) is 32.1 Å². The summed E-state index contributed by atoms with van der Waals surface area (Å²) in [5.41, 5.74) is 0. The molecule has 0 fully saturated rings. The van der Waals surface area contributed by atoms with Crippen molar-refractivity contribution in [3.8, 4) is 0 Å². The predicted octanol–water partition coefficient (Wildman–Crippen LogP) is 0.613. The van der Waals surface area contributed by atoms with Gasteiger partial charge < -0.3 is 42.7 Å². The molecule has 0 amide bonds. The third-order valence-electron chi connectivity index (χ3n) is 1.76. The van der Waals surface area contributed by atoms with Crippen molar-refractivity contribution in [3.05, 3.63) is 0 Å². The number of hydrogen-bond donors (Lipinski definition) is 0. The van der Waals surface area contributed by atoms with Crippen LogP contribution in [0.2, 0.25) is 0 Å². The van der Waals surface area contributed by atoms with Crippen LogP contribution in [0, 0.1) is 0 Å². The highest BCUT2D eigenvalue weighted by atomic mass is 31.2. The van der Waals surface area contributed by atoms with Crippen LogP contribution in [0.25, 0.3) is 0 Å². The Morgan fingerprint density at radius 3 is 1.50 bits per heavy atom. The molecular formula is C14H28O9P-. The van der Waals surface area contributed by atoms with Gasteiger partial charge in [0.15, 0.2) is 0 Å². The van der Waals surface area contributed by atoms with Crippen LogP contribution in [-0.2, 0) is 37.8 Å². The van der Waals surface area contributed by atoms with Crippen LogP contribution in [0.4, 0.5) is 0 Å². The van der Waals surface area contributed by atoms with Crippen molar-refractivity contribution in [1.82, 2.24) is 0 Å². The van der Waals surface area contributed by atoms with Gasteiger partial charge in [0.05, 0.1) is 13.2 Å². The lowest BCUT2D eigenvalue weighted by Crippen LogP contribution is -2.06. The van der Waals surface area contributed by atoms with Crippen molar-refractivity contribution >= 4 is 40.5 Å². The maximum Gasteiger partial charge on any atom is 0.131 e. The maximum atomic E-state index is 10.3. The summed E-state index contributed by atoms with van der Waals surface area (Å²) < 4.78 is 19.2. The van der Waals surface area contributed by atoms with Crippen LogP contribution in [0.3, 0.4) is 0 Å². The van der Waals surface area contributed by atoms with E-state index in [1.165, 1.54) is 7.11 Å². The first-order valence-electron chi connectivity index (χ1n) is 6.63. The first-order chi connectivity index (χ1) is 11.5. The predicted molar refractivity (Wildman–Crippen MR) is 87.9 cm³/mol. The lowest BCUT2D eigenvalue weighted by Gasteiger charge is -2.16. The van der Waals surface area contributed by atoms with Crippen LogP contribution in [0.5, 0.6) is 0 Å².